The van der Waals surface area contributed by atoms with E-state index in [1.807, 2.05) is 5.32 Å². The smallest absolute Gasteiger partial charge is 0.287 e. The summed E-state index contributed by atoms with van der Waals surface area (Å²) >= 11 is 5.81. The highest BCUT2D eigenvalue weighted by molar-refractivity contribution is 6.30. The Hall–Kier alpha value is -1.20. The Balaban J connectivity index is 2.54. The molecule has 0 saturated carbocycles. The molecular formula is C11H12ClF2NO2. The fourth-order valence-electron chi connectivity index (χ4n) is 1.14. The van der Waals surface area contributed by atoms with Gasteiger partial charge in [0.15, 0.2) is 0 Å². The van der Waals surface area contributed by atoms with Gasteiger partial charge in [-0.2, -0.15) is 0 Å². The van der Waals surface area contributed by atoms with E-state index >= 15 is 0 Å². The topological polar surface area (TPSA) is 49.3 Å². The minimum atomic E-state index is -3.33. The molecule has 0 bridgehead atoms. The number of aliphatic hydroxyl groups is 1. The van der Waals surface area contributed by atoms with Gasteiger partial charge >= 0.3 is 0 Å². The Kier molecular flexibility index (Phi) is 4.84. The Morgan fingerprint density at radius 2 is 2.00 bits per heavy atom. The van der Waals surface area contributed by atoms with Crippen LogP contribution in [0.3, 0.4) is 0 Å². The van der Waals surface area contributed by atoms with Crippen LogP contribution in [0.15, 0.2) is 30.3 Å². The standard InChI is InChI=1S/C11H12ClF2NO2/c12-9(8-4-2-1-3-5-8)10(17)15-6-11(13,14)7-16/h1-5,9,16H,6-7H2,(H,15,17). The van der Waals surface area contributed by atoms with Crippen LogP contribution in [0.1, 0.15) is 10.9 Å². The second-order valence-corrected chi connectivity index (χ2v) is 3.94. The molecule has 1 atom stereocenters. The van der Waals surface area contributed by atoms with Crippen LogP contribution < -0.4 is 5.32 Å². The number of carbonyl (C=O) groups is 1. The lowest BCUT2D eigenvalue weighted by atomic mass is 10.1. The molecular weight excluding hydrogens is 252 g/mol. The Morgan fingerprint density at radius 3 is 2.53 bits per heavy atom. The Bertz CT molecular complexity index is 373. The van der Waals surface area contributed by atoms with Crippen molar-refractivity contribution in [3.05, 3.63) is 35.9 Å². The van der Waals surface area contributed by atoms with E-state index in [0.717, 1.165) is 0 Å². The molecule has 3 nitrogen and oxygen atoms in total. The van der Waals surface area contributed by atoms with Crippen molar-refractivity contribution in [1.82, 2.24) is 5.32 Å². The van der Waals surface area contributed by atoms with Crippen LogP contribution in [0, 0.1) is 0 Å². The molecule has 0 aromatic heterocycles. The highest BCUT2D eigenvalue weighted by Gasteiger charge is 2.29. The first-order valence-corrected chi connectivity index (χ1v) is 5.35. The van der Waals surface area contributed by atoms with Crippen LogP contribution in [0.2, 0.25) is 0 Å². The molecule has 0 radical (unpaired) electrons. The minimum Gasteiger partial charge on any atom is -0.390 e. The van der Waals surface area contributed by atoms with Gasteiger partial charge in [-0.05, 0) is 5.56 Å². The Labute approximate surface area is 102 Å². The molecule has 6 heteroatoms. The quantitative estimate of drug-likeness (QED) is 0.795. The van der Waals surface area contributed by atoms with Crippen LogP contribution in [0.25, 0.3) is 0 Å². The maximum atomic E-state index is 12.7. The normalized spacial score (nSPS) is 13.2. The van der Waals surface area contributed by atoms with E-state index in [2.05, 4.69) is 0 Å². The summed E-state index contributed by atoms with van der Waals surface area (Å²) in [6.07, 6.45) is 0. The molecule has 1 aromatic carbocycles. The number of carbonyl (C=O) groups excluding carboxylic acids is 1. The third kappa shape index (κ3) is 4.28. The number of hydrogen-bond donors (Lipinski definition) is 2. The van der Waals surface area contributed by atoms with Gasteiger partial charge in [0.05, 0.1) is 6.54 Å². The molecule has 0 fully saturated rings. The molecule has 1 rings (SSSR count). The van der Waals surface area contributed by atoms with Gasteiger partial charge in [0.1, 0.15) is 12.0 Å². The predicted octanol–water partition coefficient (Wildman–Crippen LogP) is 1.71. The van der Waals surface area contributed by atoms with Gasteiger partial charge in [-0.25, -0.2) is 8.78 Å². The van der Waals surface area contributed by atoms with Gasteiger partial charge in [0.25, 0.3) is 5.92 Å². The van der Waals surface area contributed by atoms with Gasteiger partial charge < -0.3 is 10.4 Å². The van der Waals surface area contributed by atoms with E-state index in [0.29, 0.717) is 5.56 Å². The van der Waals surface area contributed by atoms with E-state index in [9.17, 15) is 13.6 Å². The molecule has 0 heterocycles. The monoisotopic (exact) mass is 263 g/mol. The second kappa shape index (κ2) is 5.93. The molecule has 0 aliphatic heterocycles. The third-order valence-electron chi connectivity index (χ3n) is 2.07. The van der Waals surface area contributed by atoms with E-state index in [4.69, 9.17) is 16.7 Å². The van der Waals surface area contributed by atoms with Crippen LogP contribution in [0.4, 0.5) is 8.78 Å². The van der Waals surface area contributed by atoms with Crippen molar-refractivity contribution >= 4 is 17.5 Å². The van der Waals surface area contributed by atoms with Crippen molar-refractivity contribution in [2.45, 2.75) is 11.3 Å². The average molecular weight is 264 g/mol. The lowest BCUT2D eigenvalue weighted by Crippen LogP contribution is -2.40. The highest BCUT2D eigenvalue weighted by Crippen LogP contribution is 2.20. The van der Waals surface area contributed by atoms with Gasteiger partial charge in [-0.3, -0.25) is 4.79 Å². The first-order valence-electron chi connectivity index (χ1n) is 4.92. The van der Waals surface area contributed by atoms with Gasteiger partial charge in [-0.15, -0.1) is 11.6 Å². The third-order valence-corrected chi connectivity index (χ3v) is 2.53. The van der Waals surface area contributed by atoms with Crippen LogP contribution >= 0.6 is 11.6 Å². The summed E-state index contributed by atoms with van der Waals surface area (Å²) < 4.78 is 25.3. The van der Waals surface area contributed by atoms with Crippen molar-refractivity contribution in [3.63, 3.8) is 0 Å². The number of benzene rings is 1. The number of aliphatic hydroxyl groups excluding tert-OH is 1. The lowest BCUT2D eigenvalue weighted by Gasteiger charge is -2.16. The molecule has 0 aliphatic rings. The van der Waals surface area contributed by atoms with Crippen LogP contribution in [-0.4, -0.2) is 30.1 Å². The van der Waals surface area contributed by atoms with Gasteiger partial charge in [0, 0.05) is 0 Å². The maximum absolute atomic E-state index is 12.7. The van der Waals surface area contributed by atoms with E-state index in [1.165, 1.54) is 0 Å². The first kappa shape index (κ1) is 13.9. The van der Waals surface area contributed by atoms with E-state index in [1.54, 1.807) is 30.3 Å². The molecule has 17 heavy (non-hydrogen) atoms. The lowest BCUT2D eigenvalue weighted by molar-refractivity contribution is -0.123. The molecule has 1 unspecified atom stereocenters. The van der Waals surface area contributed by atoms with E-state index in [-0.39, 0.29) is 0 Å². The minimum absolute atomic E-state index is 0.527. The maximum Gasteiger partial charge on any atom is 0.287 e. The summed E-state index contributed by atoms with van der Waals surface area (Å²) in [6.45, 7) is -2.25. The van der Waals surface area contributed by atoms with Crippen LogP contribution in [0.5, 0.6) is 0 Å². The molecule has 0 saturated heterocycles. The zero-order valence-electron chi connectivity index (χ0n) is 8.87. The Morgan fingerprint density at radius 1 is 1.41 bits per heavy atom. The summed E-state index contributed by atoms with van der Waals surface area (Å²) in [5, 5.41) is 9.30. The van der Waals surface area contributed by atoms with Crippen molar-refractivity contribution in [3.8, 4) is 0 Å². The molecule has 1 amide bonds. The zero-order valence-corrected chi connectivity index (χ0v) is 9.62. The summed E-state index contributed by atoms with van der Waals surface area (Å²) in [5.41, 5.74) is 0.527. The predicted molar refractivity (Wildman–Crippen MR) is 60.1 cm³/mol. The highest BCUT2D eigenvalue weighted by atomic mass is 35.5. The number of amides is 1. The average Bonchev–Trinajstić information content (AvgIpc) is 2.36. The molecule has 2 N–H and O–H groups in total. The number of nitrogens with one attached hydrogen (secondary N) is 1. The summed E-state index contributed by atoms with van der Waals surface area (Å²) in [4.78, 5) is 11.4. The number of hydrogen-bond acceptors (Lipinski definition) is 2. The molecule has 0 aliphatic carbocycles. The molecule has 0 spiro atoms. The van der Waals surface area contributed by atoms with Crippen molar-refractivity contribution in [2.75, 3.05) is 13.2 Å². The summed E-state index contributed by atoms with van der Waals surface area (Å²) in [7, 11) is 0. The molecule has 1 aromatic rings. The largest absolute Gasteiger partial charge is 0.390 e. The van der Waals surface area contributed by atoms with Crippen LogP contribution in [-0.2, 0) is 4.79 Å². The first-order chi connectivity index (χ1) is 7.96. The SMILES string of the molecule is O=C(NCC(F)(F)CO)C(Cl)c1ccccc1. The second-order valence-electron chi connectivity index (χ2n) is 3.51. The summed E-state index contributed by atoms with van der Waals surface area (Å²) in [5.74, 6) is -4.05. The van der Waals surface area contributed by atoms with Crippen molar-refractivity contribution in [2.24, 2.45) is 0 Å². The van der Waals surface area contributed by atoms with Gasteiger partial charge in [-0.1, -0.05) is 30.3 Å². The van der Waals surface area contributed by atoms with E-state index < -0.39 is 30.4 Å². The zero-order chi connectivity index (χ0) is 12.9. The summed E-state index contributed by atoms with van der Waals surface area (Å²) in [6, 6.07) is 8.40. The fraction of sp³-hybridized carbons (Fsp3) is 0.364. The molecule has 94 valence electrons. The van der Waals surface area contributed by atoms with Gasteiger partial charge in [0.2, 0.25) is 5.91 Å². The number of alkyl halides is 3. The van der Waals surface area contributed by atoms with Crippen molar-refractivity contribution in [1.29, 1.82) is 0 Å². The number of halogens is 3. The number of rotatable bonds is 5. The van der Waals surface area contributed by atoms with Crippen molar-refractivity contribution < 1.29 is 18.7 Å². The fourth-order valence-corrected chi connectivity index (χ4v) is 1.36.